The molecule has 0 radical (unpaired) electrons. The number of carbonyl (C=O) groups is 1. The number of nitrogens with two attached hydrogens (primary N) is 1. The number of methoxy groups -OCH3 is 1. The number of pyridine rings is 1. The number of hydrogen-bond donors (Lipinski definition) is 1. The summed E-state index contributed by atoms with van der Waals surface area (Å²) in [5.74, 6) is 0. The maximum absolute atomic E-state index is 12.6. The first kappa shape index (κ1) is 28.4. The number of halogens is 1. The average Bonchev–Trinajstić information content (AvgIpc) is 3.39. The van der Waals surface area contributed by atoms with Crippen LogP contribution in [-0.4, -0.2) is 78.2 Å². The molecule has 11 heteroatoms. The van der Waals surface area contributed by atoms with E-state index in [-0.39, 0.29) is 12.2 Å². The third kappa shape index (κ3) is 6.43. The fourth-order valence-corrected chi connectivity index (χ4v) is 6.43. The van der Waals surface area contributed by atoms with Gasteiger partial charge in [-0.15, -0.1) is 0 Å². The Balaban J connectivity index is 1.31. The van der Waals surface area contributed by atoms with Crippen LogP contribution in [0.2, 0.25) is 5.02 Å². The minimum atomic E-state index is -0.572. The van der Waals surface area contributed by atoms with Crippen molar-refractivity contribution in [1.29, 1.82) is 0 Å². The summed E-state index contributed by atoms with van der Waals surface area (Å²) in [7, 11) is 1.62. The highest BCUT2D eigenvalue weighted by molar-refractivity contribution is 7.99. The van der Waals surface area contributed by atoms with E-state index in [9.17, 15) is 4.79 Å². The Morgan fingerprint density at radius 3 is 2.72 bits per heavy atom. The van der Waals surface area contributed by atoms with E-state index in [1.807, 2.05) is 63.2 Å². The number of nitrogens with zero attached hydrogens (tertiary/aromatic N) is 2. The normalized spacial score (nSPS) is 29.1. The summed E-state index contributed by atoms with van der Waals surface area (Å²) >= 11 is 7.80. The van der Waals surface area contributed by atoms with Crippen molar-refractivity contribution in [3.8, 4) is 0 Å². The van der Waals surface area contributed by atoms with Gasteiger partial charge in [-0.1, -0.05) is 59.8 Å². The molecule has 0 bridgehead atoms. The van der Waals surface area contributed by atoms with Crippen LogP contribution in [0, 0.1) is 0 Å². The Hall–Kier alpha value is -2.18. The largest absolute Gasteiger partial charge is 0.444 e. The molecule has 4 heterocycles. The first-order valence-corrected chi connectivity index (χ1v) is 14.1. The lowest BCUT2D eigenvalue weighted by molar-refractivity contribution is -0.298. The van der Waals surface area contributed by atoms with Crippen LogP contribution in [0.5, 0.6) is 0 Å². The zero-order valence-electron chi connectivity index (χ0n) is 22.4. The third-order valence-corrected chi connectivity index (χ3v) is 8.06. The van der Waals surface area contributed by atoms with E-state index in [4.69, 9.17) is 41.0 Å². The van der Waals surface area contributed by atoms with Gasteiger partial charge in [-0.05, 0) is 32.4 Å². The van der Waals surface area contributed by atoms with Crippen LogP contribution < -0.4 is 5.73 Å². The van der Waals surface area contributed by atoms with Crippen molar-refractivity contribution < 1.29 is 28.5 Å². The molecule has 1 aromatic carbocycles. The van der Waals surface area contributed by atoms with Crippen molar-refractivity contribution in [1.82, 2.24) is 9.88 Å². The third-order valence-electron chi connectivity index (χ3n) is 6.68. The standard InChI is InChI=1S/C28H34ClN3O6S/c1-28(2,3)38-27(33)32-11-10-17(14-32)22-20(12-18(29)13-31-22)39-26-24(34-4)21(30)23-19(36-26)15-35-25(37-23)16-8-6-5-7-9-16/h5-10,12-13,19,21,23-26H,11,14-15,30H2,1-4H3. The predicted molar refractivity (Wildman–Crippen MR) is 148 cm³/mol. The predicted octanol–water partition coefficient (Wildman–Crippen LogP) is 4.64. The lowest BCUT2D eigenvalue weighted by Crippen LogP contribution is -2.64. The summed E-state index contributed by atoms with van der Waals surface area (Å²) < 4.78 is 30.1. The van der Waals surface area contributed by atoms with Crippen LogP contribution in [0.25, 0.3) is 5.57 Å². The molecule has 2 saturated heterocycles. The fraction of sp³-hybridized carbons (Fsp3) is 0.500. The van der Waals surface area contributed by atoms with Gasteiger partial charge in [0, 0.05) is 30.3 Å². The summed E-state index contributed by atoms with van der Waals surface area (Å²) in [6.45, 7) is 6.69. The summed E-state index contributed by atoms with van der Waals surface area (Å²) in [5.41, 5.74) is 8.23. The number of rotatable bonds is 5. The van der Waals surface area contributed by atoms with Gasteiger partial charge in [-0.2, -0.15) is 0 Å². The molecule has 1 amide bonds. The van der Waals surface area contributed by atoms with Gasteiger partial charge in [0.05, 0.1) is 29.9 Å². The van der Waals surface area contributed by atoms with Crippen LogP contribution in [0.1, 0.15) is 38.3 Å². The topological polar surface area (TPSA) is 105 Å². The van der Waals surface area contributed by atoms with Crippen molar-refractivity contribution in [2.45, 2.75) is 67.3 Å². The van der Waals surface area contributed by atoms with E-state index in [2.05, 4.69) is 4.98 Å². The summed E-state index contributed by atoms with van der Waals surface area (Å²) in [6.07, 6.45) is 1.46. The average molecular weight is 576 g/mol. The molecule has 2 aromatic rings. The van der Waals surface area contributed by atoms with Gasteiger partial charge in [-0.3, -0.25) is 4.98 Å². The Labute approximate surface area is 237 Å². The Kier molecular flexibility index (Phi) is 8.54. The molecule has 6 atom stereocenters. The molecule has 1 aromatic heterocycles. The molecule has 6 unspecified atom stereocenters. The van der Waals surface area contributed by atoms with Gasteiger partial charge in [0.2, 0.25) is 0 Å². The fourth-order valence-electron chi connectivity index (χ4n) is 4.84. The smallest absolute Gasteiger partial charge is 0.410 e. The summed E-state index contributed by atoms with van der Waals surface area (Å²) in [5, 5.41) is 0.492. The van der Waals surface area contributed by atoms with Crippen LogP contribution in [0.15, 0.2) is 53.6 Å². The van der Waals surface area contributed by atoms with Crippen LogP contribution in [0.3, 0.4) is 0 Å². The molecule has 0 spiro atoms. The lowest BCUT2D eigenvalue weighted by atomic mass is 9.97. The highest BCUT2D eigenvalue weighted by atomic mass is 35.5. The number of benzene rings is 1. The number of amides is 1. The molecule has 39 heavy (non-hydrogen) atoms. The quantitative estimate of drug-likeness (QED) is 0.545. The Bertz CT molecular complexity index is 1210. The first-order chi connectivity index (χ1) is 18.6. The molecule has 3 aliphatic rings. The van der Waals surface area contributed by atoms with Crippen molar-refractivity contribution in [2.24, 2.45) is 5.73 Å². The van der Waals surface area contributed by atoms with E-state index in [1.165, 1.54) is 11.8 Å². The molecule has 0 aliphatic carbocycles. The van der Waals surface area contributed by atoms with Crippen LogP contribution in [-0.2, 0) is 23.7 Å². The number of hydrogen-bond acceptors (Lipinski definition) is 9. The number of ether oxygens (including phenoxy) is 5. The highest BCUT2D eigenvalue weighted by Gasteiger charge is 2.49. The van der Waals surface area contributed by atoms with E-state index >= 15 is 0 Å². The maximum Gasteiger partial charge on any atom is 0.410 e. The molecule has 9 nitrogen and oxygen atoms in total. The van der Waals surface area contributed by atoms with Crippen LogP contribution >= 0.6 is 23.4 Å². The first-order valence-electron chi connectivity index (χ1n) is 12.9. The molecule has 210 valence electrons. The van der Waals surface area contributed by atoms with Gasteiger partial charge in [0.1, 0.15) is 29.3 Å². The summed E-state index contributed by atoms with van der Waals surface area (Å²) in [6, 6.07) is 11.1. The molecule has 0 saturated carbocycles. The Morgan fingerprint density at radius 2 is 2.00 bits per heavy atom. The van der Waals surface area contributed by atoms with Gasteiger partial charge in [0.15, 0.2) is 6.29 Å². The number of aromatic nitrogens is 1. The van der Waals surface area contributed by atoms with Crippen LogP contribution in [0.4, 0.5) is 4.79 Å². The van der Waals surface area contributed by atoms with Crippen molar-refractivity contribution in [3.63, 3.8) is 0 Å². The number of carbonyl (C=O) groups excluding carboxylic acids is 1. The highest BCUT2D eigenvalue weighted by Crippen LogP contribution is 2.41. The molecule has 3 aliphatic heterocycles. The van der Waals surface area contributed by atoms with Gasteiger partial charge in [0.25, 0.3) is 0 Å². The molecule has 2 fully saturated rings. The molecule has 5 rings (SSSR count). The van der Waals surface area contributed by atoms with E-state index < -0.39 is 35.6 Å². The number of thioether (sulfide) groups is 1. The van der Waals surface area contributed by atoms with Crippen molar-refractivity contribution >= 4 is 35.0 Å². The van der Waals surface area contributed by atoms with E-state index in [0.29, 0.717) is 24.7 Å². The molecular weight excluding hydrogens is 542 g/mol. The van der Waals surface area contributed by atoms with Crippen molar-refractivity contribution in [3.05, 3.63) is 65.0 Å². The van der Waals surface area contributed by atoms with Gasteiger partial charge >= 0.3 is 6.09 Å². The SMILES string of the molecule is COC1C(Sc2cc(Cl)cnc2C2=CCN(C(=O)OC(C)(C)C)C2)OC2COC(c3ccccc3)OC2C1N. The monoisotopic (exact) mass is 575 g/mol. The van der Waals surface area contributed by atoms with Gasteiger partial charge in [-0.25, -0.2) is 4.79 Å². The zero-order chi connectivity index (χ0) is 27.7. The summed E-state index contributed by atoms with van der Waals surface area (Å²) in [4.78, 5) is 19.7. The molecular formula is C28H34ClN3O6S. The maximum atomic E-state index is 12.6. The second kappa shape index (κ2) is 11.7. The number of fused-ring (bicyclic) bond motifs is 1. The zero-order valence-corrected chi connectivity index (χ0v) is 24.0. The lowest BCUT2D eigenvalue weighted by Gasteiger charge is -2.48. The van der Waals surface area contributed by atoms with Crippen molar-refractivity contribution in [2.75, 3.05) is 26.8 Å². The second-order valence-electron chi connectivity index (χ2n) is 10.7. The van der Waals surface area contributed by atoms with E-state index in [1.54, 1.807) is 18.2 Å². The minimum Gasteiger partial charge on any atom is -0.444 e. The molecule has 2 N–H and O–H groups in total. The van der Waals surface area contributed by atoms with E-state index in [0.717, 1.165) is 21.7 Å². The minimum absolute atomic E-state index is 0.335. The van der Waals surface area contributed by atoms with Gasteiger partial charge < -0.3 is 34.3 Å². The second-order valence-corrected chi connectivity index (χ2v) is 12.3. The Morgan fingerprint density at radius 1 is 1.23 bits per heavy atom.